The van der Waals surface area contributed by atoms with Gasteiger partial charge in [0.25, 0.3) is 0 Å². The van der Waals surface area contributed by atoms with Crippen LogP contribution in [0.15, 0.2) is 46.8 Å². The number of ketones is 1. The molecular weight excluding hydrogens is 586 g/mol. The molecule has 0 radical (unpaired) electrons. The Kier molecular flexibility index (Phi) is 8.51. The Morgan fingerprint density at radius 3 is 2.36 bits per heavy atom. The number of benzene rings is 1. The number of carbonyl (C=O) groups is 5. The van der Waals surface area contributed by atoms with Crippen molar-refractivity contribution in [3.63, 3.8) is 0 Å². The summed E-state index contributed by atoms with van der Waals surface area (Å²) in [6.45, 7) is 6.88. The molecule has 9 N–H and O–H groups in total. The molecule has 4 aliphatic rings. The zero-order valence-electron chi connectivity index (χ0n) is 25.5. The molecule has 15 nitrogen and oxygen atoms in total. The van der Waals surface area contributed by atoms with Crippen LogP contribution in [0.25, 0.3) is 0 Å². The van der Waals surface area contributed by atoms with E-state index in [1.54, 1.807) is 43.0 Å². The lowest BCUT2D eigenvalue weighted by Gasteiger charge is -2.29. The summed E-state index contributed by atoms with van der Waals surface area (Å²) in [7, 11) is 0. The molecule has 3 heterocycles. The number of hydrogen-bond donors (Lipinski definition) is 6. The standard InChI is InChI=1S/C30H39N7O8/c1-12(2)20(31)28(41)34-14(4)27(40)35-16-7-5-15(6-8-16)10-45-30(43)37-18-9-36-22(23(18)37)17(11-44-29(33)42)19-24(36)25(38)13(3)21(32)26(19)39/h5-8,12,14,17-18,20,22-23,26,39H,9-11,31-32H2,1-4H3,(H2,33,42)(H,34,41)(H,35,40)/t14-,17+,18?,20?,22?,23?,26?,37?/m0/s1. The number of amides is 4. The van der Waals surface area contributed by atoms with Gasteiger partial charge in [-0.3, -0.25) is 19.3 Å². The van der Waals surface area contributed by atoms with E-state index < -0.39 is 54.1 Å². The molecular formula is C30H39N7O8. The van der Waals surface area contributed by atoms with Gasteiger partial charge in [0.1, 0.15) is 25.4 Å². The maximum atomic E-state index is 13.2. The van der Waals surface area contributed by atoms with Gasteiger partial charge in [-0.1, -0.05) is 26.0 Å². The molecule has 7 atom stereocenters. The second kappa shape index (κ2) is 12.0. The Morgan fingerprint density at radius 1 is 1.07 bits per heavy atom. The number of anilines is 1. The molecule has 1 aromatic carbocycles. The van der Waals surface area contributed by atoms with Crippen molar-refractivity contribution in [1.29, 1.82) is 0 Å². The number of fused-ring (bicyclic) bond motifs is 4. The minimum absolute atomic E-state index is 0.0310. The molecule has 1 aromatic rings. The molecule has 242 valence electrons. The SMILES string of the molecule is CC1=C(N)C(O)C2=C(C1=O)N1CC3C(C1[C@@H]2COC(N)=O)N3C(=O)OCc1ccc(NC(=O)[C@H](C)NC(=O)C(N)C(C)C)cc1. The van der Waals surface area contributed by atoms with Gasteiger partial charge in [-0.15, -0.1) is 0 Å². The van der Waals surface area contributed by atoms with Gasteiger partial charge in [0, 0.05) is 35.0 Å². The molecule has 0 bridgehead atoms. The zero-order chi connectivity index (χ0) is 32.9. The van der Waals surface area contributed by atoms with E-state index in [2.05, 4.69) is 10.6 Å². The van der Waals surface area contributed by atoms with Gasteiger partial charge in [0.2, 0.25) is 17.6 Å². The fraction of sp³-hybridized carbons (Fsp3) is 0.500. The number of ether oxygens (including phenoxy) is 2. The number of allylic oxidation sites excluding steroid dienone is 1. The highest BCUT2D eigenvalue weighted by Crippen LogP contribution is 2.53. The topological polar surface area (TPSA) is 232 Å². The number of Topliss-reactive ketones (excluding diaryl/α,β-unsaturated/α-hetero) is 1. The number of nitrogens with one attached hydrogen (secondary N) is 2. The Labute approximate surface area is 259 Å². The molecule has 0 aromatic heterocycles. The molecule has 5 unspecified atom stereocenters. The number of nitrogens with zero attached hydrogens (tertiary/aromatic N) is 2. The van der Waals surface area contributed by atoms with E-state index in [4.69, 9.17) is 26.7 Å². The van der Waals surface area contributed by atoms with Crippen LogP contribution in [0.2, 0.25) is 0 Å². The first-order valence-corrected chi connectivity index (χ1v) is 14.8. The summed E-state index contributed by atoms with van der Waals surface area (Å²) < 4.78 is 10.7. The molecule has 3 aliphatic heterocycles. The second-order valence-corrected chi connectivity index (χ2v) is 12.2. The van der Waals surface area contributed by atoms with Crippen molar-refractivity contribution in [2.75, 3.05) is 18.5 Å². The minimum Gasteiger partial charge on any atom is -0.449 e. The summed E-state index contributed by atoms with van der Waals surface area (Å²) in [4.78, 5) is 65.8. The number of piperazine rings is 1. The number of primary amides is 1. The first-order valence-electron chi connectivity index (χ1n) is 14.8. The van der Waals surface area contributed by atoms with Crippen LogP contribution in [0.5, 0.6) is 0 Å². The van der Waals surface area contributed by atoms with Crippen molar-refractivity contribution in [3.05, 3.63) is 52.4 Å². The van der Waals surface area contributed by atoms with Crippen LogP contribution in [0.4, 0.5) is 15.3 Å². The van der Waals surface area contributed by atoms with Crippen molar-refractivity contribution < 1.29 is 38.6 Å². The van der Waals surface area contributed by atoms with Crippen molar-refractivity contribution in [3.8, 4) is 0 Å². The van der Waals surface area contributed by atoms with E-state index in [1.807, 2.05) is 18.7 Å². The summed E-state index contributed by atoms with van der Waals surface area (Å²) in [6, 6.07) is 4.20. The van der Waals surface area contributed by atoms with Gasteiger partial charge in [0.15, 0.2) is 0 Å². The predicted molar refractivity (Wildman–Crippen MR) is 160 cm³/mol. The van der Waals surface area contributed by atoms with Crippen molar-refractivity contribution in [2.24, 2.45) is 29.0 Å². The average molecular weight is 626 g/mol. The predicted octanol–water partition coefficient (Wildman–Crippen LogP) is -0.358. The number of rotatable bonds is 9. The van der Waals surface area contributed by atoms with Crippen LogP contribution >= 0.6 is 0 Å². The van der Waals surface area contributed by atoms with Gasteiger partial charge >= 0.3 is 12.2 Å². The summed E-state index contributed by atoms with van der Waals surface area (Å²) in [5.41, 5.74) is 19.3. The van der Waals surface area contributed by atoms with E-state index in [0.717, 1.165) is 0 Å². The highest BCUT2D eigenvalue weighted by molar-refractivity contribution is 6.10. The van der Waals surface area contributed by atoms with Gasteiger partial charge in [-0.25, -0.2) is 9.59 Å². The third kappa shape index (κ3) is 5.80. The highest BCUT2D eigenvalue weighted by atomic mass is 16.6. The average Bonchev–Trinajstić information content (AvgIpc) is 3.42. The van der Waals surface area contributed by atoms with Crippen LogP contribution in [0, 0.1) is 11.8 Å². The van der Waals surface area contributed by atoms with Gasteiger partial charge < -0.3 is 47.3 Å². The monoisotopic (exact) mass is 625 g/mol. The lowest BCUT2D eigenvalue weighted by molar-refractivity contribution is -0.127. The van der Waals surface area contributed by atoms with E-state index in [0.29, 0.717) is 29.1 Å². The van der Waals surface area contributed by atoms with Crippen LogP contribution in [0.3, 0.4) is 0 Å². The molecule has 15 heteroatoms. The Morgan fingerprint density at radius 2 is 1.73 bits per heavy atom. The Balaban J connectivity index is 1.17. The molecule has 2 saturated heterocycles. The summed E-state index contributed by atoms with van der Waals surface area (Å²) >= 11 is 0. The largest absolute Gasteiger partial charge is 0.449 e. The maximum Gasteiger partial charge on any atom is 0.410 e. The van der Waals surface area contributed by atoms with E-state index in [9.17, 15) is 29.1 Å². The Hall–Kier alpha value is -4.63. The van der Waals surface area contributed by atoms with Gasteiger partial charge in [-0.2, -0.15) is 0 Å². The van der Waals surface area contributed by atoms with E-state index in [1.165, 1.54) is 0 Å². The van der Waals surface area contributed by atoms with Crippen LogP contribution in [-0.2, 0) is 30.5 Å². The molecule has 2 fully saturated rings. The van der Waals surface area contributed by atoms with Crippen molar-refractivity contribution in [1.82, 2.24) is 15.1 Å². The fourth-order valence-electron chi connectivity index (χ4n) is 6.34. The van der Waals surface area contributed by atoms with E-state index >= 15 is 0 Å². The molecule has 0 spiro atoms. The smallest absolute Gasteiger partial charge is 0.410 e. The summed E-state index contributed by atoms with van der Waals surface area (Å²) in [5, 5.41) is 16.3. The summed E-state index contributed by atoms with van der Waals surface area (Å²) in [5.74, 6) is -1.79. The lowest BCUT2D eigenvalue weighted by Crippen LogP contribution is -2.50. The van der Waals surface area contributed by atoms with Gasteiger partial charge in [-0.05, 0) is 37.5 Å². The number of aliphatic hydroxyl groups is 1. The van der Waals surface area contributed by atoms with Crippen LogP contribution < -0.4 is 27.8 Å². The third-order valence-corrected chi connectivity index (χ3v) is 9.00. The maximum absolute atomic E-state index is 13.2. The van der Waals surface area contributed by atoms with Crippen molar-refractivity contribution in [2.45, 2.75) is 70.6 Å². The molecule has 0 saturated carbocycles. The third-order valence-electron chi connectivity index (χ3n) is 9.00. The normalized spacial score (nSPS) is 26.2. The fourth-order valence-corrected chi connectivity index (χ4v) is 6.34. The van der Waals surface area contributed by atoms with Gasteiger partial charge in [0.05, 0.1) is 29.9 Å². The molecule has 5 rings (SSSR count). The quantitative estimate of drug-likeness (QED) is 0.194. The highest BCUT2D eigenvalue weighted by Gasteiger charge is 2.69. The van der Waals surface area contributed by atoms with Crippen LogP contribution in [-0.4, -0.2) is 94.2 Å². The Bertz CT molecular complexity index is 1490. The zero-order valence-corrected chi connectivity index (χ0v) is 25.5. The molecule has 4 amide bonds. The molecule has 1 aliphatic carbocycles. The number of hydrogen-bond acceptors (Lipinski definition) is 11. The van der Waals surface area contributed by atoms with Crippen LogP contribution in [0.1, 0.15) is 33.3 Å². The first-order chi connectivity index (χ1) is 21.2. The lowest BCUT2D eigenvalue weighted by atomic mass is 9.83. The minimum atomic E-state index is -1.22. The molecule has 45 heavy (non-hydrogen) atoms. The number of aliphatic hydroxyl groups excluding tert-OH is 1. The second-order valence-electron chi connectivity index (χ2n) is 12.2. The summed E-state index contributed by atoms with van der Waals surface area (Å²) in [6.07, 6.45) is -2.77. The number of carbonyl (C=O) groups excluding carboxylic acids is 5. The number of nitrogens with two attached hydrogens (primary N) is 3. The van der Waals surface area contributed by atoms with Crippen molar-refractivity contribution >= 4 is 35.5 Å². The first kappa shape index (κ1) is 31.8. The van der Waals surface area contributed by atoms with E-state index in [-0.39, 0.29) is 48.3 Å².